The first-order valence-electron chi connectivity index (χ1n) is 7.91. The van der Waals surface area contributed by atoms with Gasteiger partial charge in [-0.25, -0.2) is 5.01 Å². The van der Waals surface area contributed by atoms with Crippen LogP contribution < -0.4 is 19.9 Å². The number of nitrogens with zero attached hydrogens (tertiary/aromatic N) is 2. The molecule has 2 aliphatic rings. The number of allylic oxidation sites excluding steroid dienone is 3. The molecule has 1 atom stereocenters. The van der Waals surface area contributed by atoms with Gasteiger partial charge in [0.15, 0.2) is 16.6 Å². The molecule has 132 valence electrons. The largest absolute Gasteiger partial charge is 0.493 e. The lowest BCUT2D eigenvalue weighted by molar-refractivity contribution is 0.324. The molecule has 25 heavy (non-hydrogen) atoms. The molecule has 1 aromatic carbocycles. The molecule has 0 fully saturated rings. The highest BCUT2D eigenvalue weighted by molar-refractivity contribution is 7.80. The number of thiocarbonyl (C=S) groups is 1. The van der Waals surface area contributed by atoms with Crippen molar-refractivity contribution >= 4 is 23.0 Å². The zero-order valence-electron chi connectivity index (χ0n) is 14.5. The SMILES string of the molecule is COc1cc(C2=NN(C(N)=S)C(C3=CC=CC3)C2)cc(OC)c1OC. The molecular weight excluding hydrogens is 338 g/mol. The van der Waals surface area contributed by atoms with E-state index in [1.54, 1.807) is 26.3 Å². The molecule has 0 bridgehead atoms. The number of methoxy groups -OCH3 is 3. The minimum atomic E-state index is 0.0431. The van der Waals surface area contributed by atoms with Crippen LogP contribution in [0.4, 0.5) is 0 Å². The Balaban J connectivity index is 1.98. The smallest absolute Gasteiger partial charge is 0.203 e. The first kappa shape index (κ1) is 17.3. The number of hydrogen-bond acceptors (Lipinski definition) is 5. The topological polar surface area (TPSA) is 69.3 Å². The quantitative estimate of drug-likeness (QED) is 0.815. The molecule has 1 aliphatic heterocycles. The van der Waals surface area contributed by atoms with E-state index in [2.05, 4.69) is 17.3 Å². The predicted octanol–water partition coefficient (Wildman–Crippen LogP) is 2.62. The summed E-state index contributed by atoms with van der Waals surface area (Å²) >= 11 is 5.19. The van der Waals surface area contributed by atoms with Gasteiger partial charge in [0.2, 0.25) is 5.75 Å². The summed E-state index contributed by atoms with van der Waals surface area (Å²) in [7, 11) is 4.77. The van der Waals surface area contributed by atoms with E-state index in [-0.39, 0.29) is 11.2 Å². The van der Waals surface area contributed by atoms with Gasteiger partial charge in [-0.05, 0) is 36.3 Å². The highest BCUT2D eigenvalue weighted by Gasteiger charge is 2.32. The van der Waals surface area contributed by atoms with Crippen molar-refractivity contribution in [3.05, 3.63) is 41.5 Å². The van der Waals surface area contributed by atoms with Crippen LogP contribution in [-0.2, 0) is 0 Å². The van der Waals surface area contributed by atoms with E-state index >= 15 is 0 Å². The van der Waals surface area contributed by atoms with Crippen LogP contribution in [0.15, 0.2) is 41.0 Å². The minimum Gasteiger partial charge on any atom is -0.493 e. The zero-order chi connectivity index (χ0) is 18.0. The van der Waals surface area contributed by atoms with E-state index in [9.17, 15) is 0 Å². The molecule has 7 heteroatoms. The molecule has 1 aromatic rings. The monoisotopic (exact) mass is 359 g/mol. The minimum absolute atomic E-state index is 0.0431. The summed E-state index contributed by atoms with van der Waals surface area (Å²) in [5, 5.41) is 6.63. The maximum Gasteiger partial charge on any atom is 0.203 e. The molecule has 0 radical (unpaired) electrons. The number of nitrogens with two attached hydrogens (primary N) is 1. The first-order chi connectivity index (χ1) is 12.1. The van der Waals surface area contributed by atoms with Gasteiger partial charge < -0.3 is 19.9 Å². The Bertz CT molecular complexity index is 761. The zero-order valence-corrected chi connectivity index (χ0v) is 15.3. The molecule has 3 rings (SSSR count). The molecule has 2 N–H and O–H groups in total. The molecule has 0 saturated carbocycles. The van der Waals surface area contributed by atoms with Gasteiger partial charge in [0, 0.05) is 12.0 Å². The maximum absolute atomic E-state index is 5.89. The summed E-state index contributed by atoms with van der Waals surface area (Å²) in [5.41, 5.74) is 8.91. The van der Waals surface area contributed by atoms with Crippen molar-refractivity contribution < 1.29 is 14.2 Å². The van der Waals surface area contributed by atoms with Crippen molar-refractivity contribution in [1.82, 2.24) is 5.01 Å². The maximum atomic E-state index is 5.89. The van der Waals surface area contributed by atoms with Crippen molar-refractivity contribution in [3.63, 3.8) is 0 Å². The first-order valence-corrected chi connectivity index (χ1v) is 8.32. The Hall–Kier alpha value is -2.54. The van der Waals surface area contributed by atoms with Gasteiger partial charge in [-0.3, -0.25) is 0 Å². The molecule has 1 aliphatic carbocycles. The third-order valence-corrected chi connectivity index (χ3v) is 4.55. The number of hydrogen-bond donors (Lipinski definition) is 1. The number of rotatable bonds is 5. The van der Waals surface area contributed by atoms with Gasteiger partial charge in [0.25, 0.3) is 0 Å². The lowest BCUT2D eigenvalue weighted by atomic mass is 9.97. The summed E-state index contributed by atoms with van der Waals surface area (Å²) in [4.78, 5) is 0. The van der Waals surface area contributed by atoms with E-state index in [0.717, 1.165) is 17.7 Å². The Morgan fingerprint density at radius 3 is 2.36 bits per heavy atom. The van der Waals surface area contributed by atoms with E-state index in [4.69, 9.17) is 32.2 Å². The fraction of sp³-hybridized carbons (Fsp3) is 0.333. The Labute approximate surface area is 152 Å². The molecule has 0 aromatic heterocycles. The van der Waals surface area contributed by atoms with E-state index in [1.807, 2.05) is 18.2 Å². The molecule has 1 heterocycles. The third-order valence-electron chi connectivity index (χ3n) is 4.36. The van der Waals surface area contributed by atoms with Gasteiger partial charge in [-0.15, -0.1) is 0 Å². The van der Waals surface area contributed by atoms with Crippen molar-refractivity contribution in [1.29, 1.82) is 0 Å². The van der Waals surface area contributed by atoms with E-state index < -0.39 is 0 Å². The van der Waals surface area contributed by atoms with E-state index in [0.29, 0.717) is 23.7 Å². The average Bonchev–Trinajstić information content (AvgIpc) is 3.29. The standard InChI is InChI=1S/C18H21N3O3S/c1-22-15-8-12(9-16(23-2)17(15)24-3)13-10-14(11-6-4-5-7-11)21(20-13)18(19)25/h4-6,8-9,14H,7,10H2,1-3H3,(H2,19,25). The number of benzene rings is 1. The van der Waals surface area contributed by atoms with Gasteiger partial charge in [-0.2, -0.15) is 5.10 Å². The van der Waals surface area contributed by atoms with Crippen LogP contribution in [0.2, 0.25) is 0 Å². The predicted molar refractivity (Wildman–Crippen MR) is 102 cm³/mol. The summed E-state index contributed by atoms with van der Waals surface area (Å²) in [6, 6.07) is 3.82. The van der Waals surface area contributed by atoms with Crippen LogP contribution in [0.25, 0.3) is 0 Å². The van der Waals surface area contributed by atoms with Crippen LogP contribution in [0.3, 0.4) is 0 Å². The van der Waals surface area contributed by atoms with Crippen molar-refractivity contribution in [2.45, 2.75) is 18.9 Å². The highest BCUT2D eigenvalue weighted by Crippen LogP contribution is 2.40. The molecular formula is C18H21N3O3S. The third kappa shape index (κ3) is 3.19. The summed E-state index contributed by atoms with van der Waals surface area (Å²) in [6.07, 6.45) is 7.87. The van der Waals surface area contributed by atoms with Crippen molar-refractivity contribution in [3.8, 4) is 17.2 Å². The number of ether oxygens (including phenoxy) is 3. The summed E-state index contributed by atoms with van der Waals surface area (Å²) < 4.78 is 16.2. The van der Waals surface area contributed by atoms with Crippen LogP contribution in [-0.4, -0.2) is 43.2 Å². The van der Waals surface area contributed by atoms with Gasteiger partial charge >= 0.3 is 0 Å². The summed E-state index contributed by atoms with van der Waals surface area (Å²) in [5.74, 6) is 1.73. The van der Waals surface area contributed by atoms with Crippen LogP contribution in [0.5, 0.6) is 17.2 Å². The Morgan fingerprint density at radius 1 is 1.20 bits per heavy atom. The highest BCUT2D eigenvalue weighted by atomic mass is 32.1. The second-order valence-corrected chi connectivity index (χ2v) is 6.16. The molecule has 0 amide bonds. The normalized spacial score (nSPS) is 18.8. The lowest BCUT2D eigenvalue weighted by Crippen LogP contribution is -2.37. The fourth-order valence-corrected chi connectivity index (χ4v) is 3.30. The van der Waals surface area contributed by atoms with Gasteiger partial charge in [0.05, 0.1) is 33.1 Å². The molecule has 6 nitrogen and oxygen atoms in total. The van der Waals surface area contributed by atoms with Crippen LogP contribution >= 0.6 is 12.2 Å². The summed E-state index contributed by atoms with van der Waals surface area (Å²) in [6.45, 7) is 0. The lowest BCUT2D eigenvalue weighted by Gasteiger charge is -2.22. The van der Waals surface area contributed by atoms with Crippen LogP contribution in [0.1, 0.15) is 18.4 Å². The van der Waals surface area contributed by atoms with E-state index in [1.165, 1.54) is 5.57 Å². The molecule has 0 saturated heterocycles. The fourth-order valence-electron chi connectivity index (χ4n) is 3.14. The average molecular weight is 359 g/mol. The second-order valence-electron chi connectivity index (χ2n) is 5.74. The van der Waals surface area contributed by atoms with Crippen molar-refractivity contribution in [2.24, 2.45) is 10.8 Å². The van der Waals surface area contributed by atoms with Gasteiger partial charge in [0.1, 0.15) is 0 Å². The second kappa shape index (κ2) is 7.14. The Kier molecular flexibility index (Phi) is 4.94. The molecule has 1 unspecified atom stereocenters. The Morgan fingerprint density at radius 2 is 1.88 bits per heavy atom. The van der Waals surface area contributed by atoms with Gasteiger partial charge in [-0.1, -0.05) is 18.2 Å². The van der Waals surface area contributed by atoms with Crippen molar-refractivity contribution in [2.75, 3.05) is 21.3 Å². The molecule has 0 spiro atoms. The van der Waals surface area contributed by atoms with Crippen LogP contribution in [0, 0.1) is 0 Å². The number of hydrazone groups is 1.